The van der Waals surface area contributed by atoms with E-state index >= 15 is 0 Å². The number of nitrogens with zero attached hydrogens (tertiary/aromatic N) is 3. The first-order valence-electron chi connectivity index (χ1n) is 9.38. The SMILES string of the molecule is CCN1CCC(NC(=O)CN2CCN(c3cccc(Cl)c3)CC2)CC1. The third-order valence-corrected chi connectivity index (χ3v) is 5.55. The molecule has 138 valence electrons. The maximum Gasteiger partial charge on any atom is 0.234 e. The summed E-state index contributed by atoms with van der Waals surface area (Å²) in [5, 5.41) is 3.99. The van der Waals surface area contributed by atoms with Crippen molar-refractivity contribution >= 4 is 23.2 Å². The molecule has 1 amide bonds. The molecule has 0 spiro atoms. The summed E-state index contributed by atoms with van der Waals surface area (Å²) in [6.07, 6.45) is 2.14. The number of carbonyl (C=O) groups excluding carboxylic acids is 1. The molecule has 6 heteroatoms. The van der Waals surface area contributed by atoms with Crippen LogP contribution in [0.1, 0.15) is 19.8 Å². The van der Waals surface area contributed by atoms with Gasteiger partial charge in [0.2, 0.25) is 5.91 Å². The number of amides is 1. The minimum Gasteiger partial charge on any atom is -0.369 e. The highest BCUT2D eigenvalue weighted by atomic mass is 35.5. The number of halogens is 1. The van der Waals surface area contributed by atoms with Crippen LogP contribution in [0.2, 0.25) is 5.02 Å². The normalized spacial score (nSPS) is 20.6. The molecule has 0 saturated carbocycles. The van der Waals surface area contributed by atoms with Gasteiger partial charge in [-0.05, 0) is 37.6 Å². The molecule has 1 aromatic carbocycles. The van der Waals surface area contributed by atoms with Gasteiger partial charge < -0.3 is 15.1 Å². The molecule has 25 heavy (non-hydrogen) atoms. The standard InChI is InChI=1S/C19H29ClN4O/c1-2-22-8-6-17(7-9-22)21-19(25)15-23-10-12-24(13-11-23)18-5-3-4-16(20)14-18/h3-5,14,17H,2,6-13,15H2,1H3,(H,21,25). The number of hydrogen-bond acceptors (Lipinski definition) is 4. The van der Waals surface area contributed by atoms with Crippen LogP contribution in [0.3, 0.4) is 0 Å². The van der Waals surface area contributed by atoms with Crippen molar-refractivity contribution in [3.8, 4) is 0 Å². The number of likely N-dealkylation sites (tertiary alicyclic amines) is 1. The van der Waals surface area contributed by atoms with Gasteiger partial charge in [-0.2, -0.15) is 0 Å². The van der Waals surface area contributed by atoms with Crippen LogP contribution in [0.25, 0.3) is 0 Å². The van der Waals surface area contributed by atoms with Crippen LogP contribution in [-0.2, 0) is 4.79 Å². The molecule has 1 N–H and O–H groups in total. The monoisotopic (exact) mass is 364 g/mol. The zero-order chi connectivity index (χ0) is 17.6. The van der Waals surface area contributed by atoms with Gasteiger partial charge in [-0.3, -0.25) is 9.69 Å². The Morgan fingerprint density at radius 3 is 2.48 bits per heavy atom. The van der Waals surface area contributed by atoms with Gasteiger partial charge in [-0.25, -0.2) is 0 Å². The molecule has 2 saturated heterocycles. The molecule has 0 aromatic heterocycles. The second-order valence-electron chi connectivity index (χ2n) is 7.02. The molecule has 2 aliphatic heterocycles. The second-order valence-corrected chi connectivity index (χ2v) is 7.46. The van der Waals surface area contributed by atoms with E-state index in [0.717, 1.165) is 63.7 Å². The van der Waals surface area contributed by atoms with E-state index in [4.69, 9.17) is 11.6 Å². The zero-order valence-corrected chi connectivity index (χ0v) is 15.8. The van der Waals surface area contributed by atoms with E-state index in [9.17, 15) is 4.79 Å². The second kappa shape index (κ2) is 8.88. The lowest BCUT2D eigenvalue weighted by molar-refractivity contribution is -0.123. The first-order chi connectivity index (χ1) is 12.1. The molecule has 5 nitrogen and oxygen atoms in total. The van der Waals surface area contributed by atoms with Crippen molar-refractivity contribution in [2.24, 2.45) is 0 Å². The predicted octanol–water partition coefficient (Wildman–Crippen LogP) is 2.06. The number of piperidine rings is 1. The average molecular weight is 365 g/mol. The van der Waals surface area contributed by atoms with Crippen molar-refractivity contribution in [2.45, 2.75) is 25.8 Å². The highest BCUT2D eigenvalue weighted by Crippen LogP contribution is 2.20. The average Bonchev–Trinajstić information content (AvgIpc) is 2.63. The molecule has 0 atom stereocenters. The zero-order valence-electron chi connectivity index (χ0n) is 15.1. The molecule has 0 aliphatic carbocycles. The topological polar surface area (TPSA) is 38.8 Å². The summed E-state index contributed by atoms with van der Waals surface area (Å²) >= 11 is 6.08. The van der Waals surface area contributed by atoms with E-state index in [1.165, 1.54) is 5.69 Å². The fourth-order valence-electron chi connectivity index (χ4n) is 3.71. The summed E-state index contributed by atoms with van der Waals surface area (Å²) < 4.78 is 0. The molecule has 2 fully saturated rings. The number of rotatable bonds is 5. The van der Waals surface area contributed by atoms with Crippen LogP contribution in [0.5, 0.6) is 0 Å². The number of nitrogens with one attached hydrogen (secondary N) is 1. The minimum absolute atomic E-state index is 0.172. The van der Waals surface area contributed by atoms with E-state index < -0.39 is 0 Å². The van der Waals surface area contributed by atoms with Crippen molar-refractivity contribution in [1.29, 1.82) is 0 Å². The lowest BCUT2D eigenvalue weighted by atomic mass is 10.1. The first-order valence-corrected chi connectivity index (χ1v) is 9.76. The van der Waals surface area contributed by atoms with Gasteiger partial charge in [-0.1, -0.05) is 24.6 Å². The lowest BCUT2D eigenvalue weighted by Crippen LogP contribution is -2.51. The minimum atomic E-state index is 0.172. The van der Waals surface area contributed by atoms with Crippen molar-refractivity contribution in [1.82, 2.24) is 15.1 Å². The van der Waals surface area contributed by atoms with Gasteiger partial charge in [0.1, 0.15) is 0 Å². The lowest BCUT2D eigenvalue weighted by Gasteiger charge is -2.36. The van der Waals surface area contributed by atoms with E-state index in [-0.39, 0.29) is 5.91 Å². The van der Waals surface area contributed by atoms with E-state index in [1.807, 2.05) is 18.2 Å². The van der Waals surface area contributed by atoms with Crippen LogP contribution < -0.4 is 10.2 Å². The third-order valence-electron chi connectivity index (χ3n) is 5.31. The maximum absolute atomic E-state index is 12.3. The van der Waals surface area contributed by atoms with Gasteiger partial charge in [0.05, 0.1) is 6.54 Å². The fourth-order valence-corrected chi connectivity index (χ4v) is 3.89. The van der Waals surface area contributed by atoms with Gasteiger partial charge in [-0.15, -0.1) is 0 Å². The number of anilines is 1. The summed E-state index contributed by atoms with van der Waals surface area (Å²) in [4.78, 5) is 19.4. The van der Waals surface area contributed by atoms with E-state index in [1.54, 1.807) is 0 Å². The maximum atomic E-state index is 12.3. The largest absolute Gasteiger partial charge is 0.369 e. The van der Waals surface area contributed by atoms with Gasteiger partial charge in [0.25, 0.3) is 0 Å². The summed E-state index contributed by atoms with van der Waals surface area (Å²) in [5.41, 5.74) is 1.17. The Kier molecular flexibility index (Phi) is 6.57. The van der Waals surface area contributed by atoms with Gasteiger partial charge in [0, 0.05) is 56.0 Å². The third kappa shape index (κ3) is 5.33. The summed E-state index contributed by atoms with van der Waals surface area (Å²) in [7, 11) is 0. The van der Waals surface area contributed by atoms with E-state index in [2.05, 4.69) is 33.0 Å². The van der Waals surface area contributed by atoms with Gasteiger partial charge in [0.15, 0.2) is 0 Å². The Labute approximate surface area is 155 Å². The Morgan fingerprint density at radius 2 is 1.84 bits per heavy atom. The molecule has 1 aromatic rings. The van der Waals surface area contributed by atoms with E-state index in [0.29, 0.717) is 12.6 Å². The number of hydrogen-bond donors (Lipinski definition) is 1. The number of benzene rings is 1. The summed E-state index contributed by atoms with van der Waals surface area (Å²) in [5.74, 6) is 0.172. The highest BCUT2D eigenvalue weighted by molar-refractivity contribution is 6.30. The molecule has 3 rings (SSSR count). The first kappa shape index (κ1) is 18.5. The van der Waals surface area contributed by atoms with Crippen molar-refractivity contribution in [3.63, 3.8) is 0 Å². The fraction of sp³-hybridized carbons (Fsp3) is 0.632. The quantitative estimate of drug-likeness (QED) is 0.868. The Hall–Kier alpha value is -1.30. The predicted molar refractivity (Wildman–Crippen MR) is 103 cm³/mol. The molecule has 2 heterocycles. The van der Waals surface area contributed by atoms with Crippen LogP contribution in [0, 0.1) is 0 Å². The summed E-state index contributed by atoms with van der Waals surface area (Å²) in [6, 6.07) is 8.34. The number of carbonyl (C=O) groups is 1. The molecule has 0 unspecified atom stereocenters. The molecule has 0 radical (unpaired) electrons. The molecule has 2 aliphatic rings. The Balaban J connectivity index is 1.39. The number of piperazine rings is 1. The van der Waals surface area contributed by atoms with Crippen molar-refractivity contribution < 1.29 is 4.79 Å². The van der Waals surface area contributed by atoms with Crippen LogP contribution >= 0.6 is 11.6 Å². The summed E-state index contributed by atoms with van der Waals surface area (Å²) in [6.45, 7) is 9.70. The smallest absolute Gasteiger partial charge is 0.234 e. The molecular weight excluding hydrogens is 336 g/mol. The Bertz CT molecular complexity index is 566. The highest BCUT2D eigenvalue weighted by Gasteiger charge is 2.22. The van der Waals surface area contributed by atoms with Crippen LogP contribution in [0.4, 0.5) is 5.69 Å². The van der Waals surface area contributed by atoms with Crippen molar-refractivity contribution in [3.05, 3.63) is 29.3 Å². The van der Waals surface area contributed by atoms with Crippen molar-refractivity contribution in [2.75, 3.05) is 57.3 Å². The van der Waals surface area contributed by atoms with Crippen LogP contribution in [-0.4, -0.2) is 74.1 Å². The van der Waals surface area contributed by atoms with Gasteiger partial charge >= 0.3 is 0 Å². The van der Waals surface area contributed by atoms with Crippen LogP contribution in [0.15, 0.2) is 24.3 Å². The molecular formula is C19H29ClN4O. The molecule has 0 bridgehead atoms. The Morgan fingerprint density at radius 1 is 1.12 bits per heavy atom.